The minimum Gasteiger partial charge on any atom is -0.465 e. The van der Waals surface area contributed by atoms with Gasteiger partial charge >= 0.3 is 5.97 Å². The van der Waals surface area contributed by atoms with Gasteiger partial charge in [-0.2, -0.15) is 9.57 Å². The first-order valence-corrected chi connectivity index (χ1v) is 8.25. The maximum Gasteiger partial charge on any atom is 0.349 e. The van der Waals surface area contributed by atoms with Gasteiger partial charge in [0.05, 0.1) is 13.2 Å². The van der Waals surface area contributed by atoms with Gasteiger partial charge in [-0.1, -0.05) is 6.92 Å². The van der Waals surface area contributed by atoms with Gasteiger partial charge in [-0.15, -0.1) is 11.3 Å². The van der Waals surface area contributed by atoms with E-state index in [1.807, 2.05) is 6.07 Å². The summed E-state index contributed by atoms with van der Waals surface area (Å²) in [4.78, 5) is 11.7. The third kappa shape index (κ3) is 3.17. The Kier molecular flexibility index (Phi) is 5.68. The number of carbonyl (C=O) groups excluding carboxylic acids is 1. The smallest absolute Gasteiger partial charge is 0.349 e. The number of hydrogen-bond donors (Lipinski definition) is 0. The number of nitriles is 1. The van der Waals surface area contributed by atoms with Crippen molar-refractivity contribution in [3.63, 3.8) is 0 Å². The van der Waals surface area contributed by atoms with Crippen molar-refractivity contribution >= 4 is 27.3 Å². The Balaban J connectivity index is 3.31. The summed E-state index contributed by atoms with van der Waals surface area (Å²) in [5.41, 5.74) is 0.505. The summed E-state index contributed by atoms with van der Waals surface area (Å²) in [7, 11) is -2.60. The monoisotopic (exact) mass is 316 g/mol. The van der Waals surface area contributed by atoms with Crippen molar-refractivity contribution in [1.82, 2.24) is 4.31 Å². The number of methoxy groups -OCH3 is 1. The number of carbonyl (C=O) groups is 1. The van der Waals surface area contributed by atoms with Gasteiger partial charge in [-0.3, -0.25) is 0 Å². The Morgan fingerprint density at radius 2 is 2.20 bits per heavy atom. The highest BCUT2D eigenvalue weighted by molar-refractivity contribution is 7.89. The zero-order valence-corrected chi connectivity index (χ0v) is 13.2. The van der Waals surface area contributed by atoms with Gasteiger partial charge in [-0.05, 0) is 17.9 Å². The SMILES string of the molecule is CCN(CCC#N)S(=O)(=O)c1c(C)csc1C(=O)OC. The number of sulfonamides is 1. The van der Waals surface area contributed by atoms with E-state index in [2.05, 4.69) is 4.74 Å². The number of hydrogen-bond acceptors (Lipinski definition) is 6. The van der Waals surface area contributed by atoms with Crippen LogP contribution in [0.3, 0.4) is 0 Å². The van der Waals surface area contributed by atoms with Gasteiger partial charge in [0.25, 0.3) is 0 Å². The average Bonchev–Trinajstić information content (AvgIpc) is 2.81. The molecule has 0 saturated heterocycles. The summed E-state index contributed by atoms with van der Waals surface area (Å²) in [6, 6.07) is 1.92. The lowest BCUT2D eigenvalue weighted by Gasteiger charge is -2.19. The Morgan fingerprint density at radius 1 is 1.55 bits per heavy atom. The molecule has 0 aliphatic carbocycles. The number of aryl methyl sites for hydroxylation is 1. The van der Waals surface area contributed by atoms with Crippen molar-refractivity contribution in [1.29, 1.82) is 5.26 Å². The molecule has 0 aliphatic rings. The van der Waals surface area contributed by atoms with Crippen LogP contribution >= 0.6 is 11.3 Å². The fourth-order valence-electron chi connectivity index (χ4n) is 1.74. The van der Waals surface area contributed by atoms with Crippen molar-refractivity contribution in [2.24, 2.45) is 0 Å². The fourth-order valence-corrected chi connectivity index (χ4v) is 4.85. The van der Waals surface area contributed by atoms with E-state index in [0.717, 1.165) is 11.3 Å². The van der Waals surface area contributed by atoms with Crippen LogP contribution in [-0.2, 0) is 14.8 Å². The standard InChI is InChI=1S/C12H16N2O4S2/c1-4-14(7-5-6-13)20(16,17)11-9(2)8-19-10(11)12(15)18-3/h8H,4-5,7H2,1-3H3. The van der Waals surface area contributed by atoms with E-state index < -0.39 is 16.0 Å². The molecule has 1 rings (SSSR count). The lowest BCUT2D eigenvalue weighted by atomic mass is 10.3. The van der Waals surface area contributed by atoms with Crippen LogP contribution in [0.4, 0.5) is 0 Å². The molecular formula is C12H16N2O4S2. The van der Waals surface area contributed by atoms with Gasteiger partial charge < -0.3 is 4.74 Å². The summed E-state index contributed by atoms with van der Waals surface area (Å²) in [5.74, 6) is -0.669. The van der Waals surface area contributed by atoms with Crippen LogP contribution in [0.15, 0.2) is 10.3 Å². The van der Waals surface area contributed by atoms with E-state index >= 15 is 0 Å². The number of ether oxygens (including phenoxy) is 1. The summed E-state index contributed by atoms with van der Waals surface area (Å²) in [5, 5.41) is 10.2. The van der Waals surface area contributed by atoms with Crippen molar-refractivity contribution in [3.8, 4) is 6.07 Å². The zero-order valence-electron chi connectivity index (χ0n) is 11.5. The lowest BCUT2D eigenvalue weighted by molar-refractivity contribution is 0.0602. The molecular weight excluding hydrogens is 300 g/mol. The second-order valence-electron chi connectivity index (χ2n) is 3.97. The second kappa shape index (κ2) is 6.83. The number of nitrogens with zero attached hydrogens (tertiary/aromatic N) is 2. The first-order valence-electron chi connectivity index (χ1n) is 5.93. The Bertz CT molecular complexity index is 628. The van der Waals surface area contributed by atoms with Crippen LogP contribution in [-0.4, -0.2) is 38.9 Å². The summed E-state index contributed by atoms with van der Waals surface area (Å²) < 4.78 is 31.0. The highest BCUT2D eigenvalue weighted by Gasteiger charge is 2.31. The molecule has 0 radical (unpaired) electrons. The van der Waals surface area contributed by atoms with Crippen molar-refractivity contribution < 1.29 is 17.9 Å². The molecule has 1 heterocycles. The third-order valence-electron chi connectivity index (χ3n) is 2.71. The van der Waals surface area contributed by atoms with E-state index in [4.69, 9.17) is 5.26 Å². The highest BCUT2D eigenvalue weighted by atomic mass is 32.2. The third-order valence-corrected chi connectivity index (χ3v) is 6.08. The Morgan fingerprint density at radius 3 is 2.70 bits per heavy atom. The molecule has 0 fully saturated rings. The van der Waals surface area contributed by atoms with E-state index in [9.17, 15) is 13.2 Å². The summed E-state index contributed by atoms with van der Waals surface area (Å²) in [6.45, 7) is 3.66. The molecule has 20 heavy (non-hydrogen) atoms. The molecule has 1 aromatic heterocycles. The molecule has 0 spiro atoms. The molecule has 0 N–H and O–H groups in total. The van der Waals surface area contributed by atoms with Gasteiger partial charge in [0.15, 0.2) is 0 Å². The van der Waals surface area contributed by atoms with Crippen LogP contribution in [0.2, 0.25) is 0 Å². The summed E-state index contributed by atoms with van der Waals surface area (Å²) in [6.07, 6.45) is 0.101. The van der Waals surface area contributed by atoms with E-state index in [1.165, 1.54) is 11.4 Å². The predicted octanol–water partition coefficient (Wildman–Crippen LogP) is 1.77. The van der Waals surface area contributed by atoms with Gasteiger partial charge in [0.1, 0.15) is 9.77 Å². The molecule has 6 nitrogen and oxygen atoms in total. The molecule has 0 aromatic carbocycles. The van der Waals surface area contributed by atoms with Crippen molar-refractivity contribution in [2.45, 2.75) is 25.2 Å². The van der Waals surface area contributed by atoms with E-state index in [1.54, 1.807) is 19.2 Å². The van der Waals surface area contributed by atoms with Gasteiger partial charge in [-0.25, -0.2) is 13.2 Å². The van der Waals surface area contributed by atoms with E-state index in [0.29, 0.717) is 5.56 Å². The molecule has 110 valence electrons. The molecule has 0 unspecified atom stereocenters. The maximum atomic E-state index is 12.6. The van der Waals surface area contributed by atoms with Crippen LogP contribution in [0.1, 0.15) is 28.6 Å². The minimum atomic E-state index is -3.80. The fraction of sp³-hybridized carbons (Fsp3) is 0.500. The summed E-state index contributed by atoms with van der Waals surface area (Å²) >= 11 is 1.04. The predicted molar refractivity (Wildman–Crippen MR) is 75.1 cm³/mol. The lowest BCUT2D eigenvalue weighted by Crippen LogP contribution is -2.32. The van der Waals surface area contributed by atoms with Gasteiger partial charge in [0, 0.05) is 19.5 Å². The minimum absolute atomic E-state index is 0.0193. The largest absolute Gasteiger partial charge is 0.465 e. The van der Waals surface area contributed by atoms with Crippen LogP contribution < -0.4 is 0 Å². The molecule has 0 amide bonds. The van der Waals surface area contributed by atoms with Crippen molar-refractivity contribution in [2.75, 3.05) is 20.2 Å². The molecule has 0 atom stereocenters. The quantitative estimate of drug-likeness (QED) is 0.746. The molecule has 1 aromatic rings. The average molecular weight is 316 g/mol. The maximum absolute atomic E-state index is 12.6. The number of esters is 1. The van der Waals surface area contributed by atoms with Crippen molar-refractivity contribution in [3.05, 3.63) is 15.8 Å². The zero-order chi connectivity index (χ0) is 15.3. The Hall–Kier alpha value is -1.43. The van der Waals surface area contributed by atoms with Crippen LogP contribution in [0.25, 0.3) is 0 Å². The first kappa shape index (κ1) is 16.6. The topological polar surface area (TPSA) is 87.5 Å². The highest BCUT2D eigenvalue weighted by Crippen LogP contribution is 2.30. The first-order chi connectivity index (χ1) is 9.39. The number of thiophene rings is 1. The second-order valence-corrected chi connectivity index (χ2v) is 6.73. The molecule has 0 aliphatic heterocycles. The van der Waals surface area contributed by atoms with Gasteiger partial charge in [0.2, 0.25) is 10.0 Å². The molecule has 0 saturated carbocycles. The molecule has 0 bridgehead atoms. The van der Waals surface area contributed by atoms with Crippen LogP contribution in [0, 0.1) is 18.3 Å². The van der Waals surface area contributed by atoms with E-state index in [-0.39, 0.29) is 29.3 Å². The molecule has 8 heteroatoms. The Labute approximate surface area is 122 Å². The van der Waals surface area contributed by atoms with Crippen LogP contribution in [0.5, 0.6) is 0 Å². The number of rotatable bonds is 6. The normalized spacial score (nSPS) is 11.3.